The zero-order valence-corrected chi connectivity index (χ0v) is 11.5. The van der Waals surface area contributed by atoms with Gasteiger partial charge in [0.1, 0.15) is 10.9 Å². The number of aryl methyl sites for hydroxylation is 1. The topological polar surface area (TPSA) is 101 Å². The van der Waals surface area contributed by atoms with Crippen LogP contribution in [0.3, 0.4) is 0 Å². The van der Waals surface area contributed by atoms with E-state index in [-0.39, 0.29) is 17.7 Å². The average molecular weight is 270 g/mol. The Morgan fingerprint density at radius 1 is 1.67 bits per heavy atom. The molecule has 1 amide bonds. The lowest BCUT2D eigenvalue weighted by atomic mass is 9.94. The second-order valence-electron chi connectivity index (χ2n) is 4.35. The normalized spacial score (nSPS) is 13.7. The zero-order chi connectivity index (χ0) is 13.7. The average Bonchev–Trinajstić information content (AvgIpc) is 2.72. The van der Waals surface area contributed by atoms with E-state index >= 15 is 0 Å². The SMILES string of the molecule is Cc1csc(CNC(=O)C(C(N)=NO)C(C)C)n1. The number of thiazole rings is 1. The molecule has 1 atom stereocenters. The highest BCUT2D eigenvalue weighted by Gasteiger charge is 2.26. The van der Waals surface area contributed by atoms with Crippen LogP contribution in [-0.2, 0) is 11.3 Å². The van der Waals surface area contributed by atoms with Crippen molar-refractivity contribution in [2.45, 2.75) is 27.3 Å². The Morgan fingerprint density at radius 2 is 2.33 bits per heavy atom. The number of amidine groups is 1. The second-order valence-corrected chi connectivity index (χ2v) is 5.29. The van der Waals surface area contributed by atoms with Crippen molar-refractivity contribution >= 4 is 23.1 Å². The number of aromatic nitrogens is 1. The largest absolute Gasteiger partial charge is 0.409 e. The van der Waals surface area contributed by atoms with Gasteiger partial charge in [0.25, 0.3) is 0 Å². The van der Waals surface area contributed by atoms with Crippen LogP contribution < -0.4 is 11.1 Å². The number of nitrogens with two attached hydrogens (primary N) is 1. The number of amides is 1. The molecule has 4 N–H and O–H groups in total. The number of hydrogen-bond donors (Lipinski definition) is 3. The Balaban J connectivity index is 2.62. The minimum absolute atomic E-state index is 0.0427. The minimum atomic E-state index is -0.629. The third-order valence-corrected chi connectivity index (χ3v) is 3.43. The first kappa shape index (κ1) is 14.4. The number of oxime groups is 1. The standard InChI is InChI=1S/C11H18N4O2S/c1-6(2)9(10(12)15-17)11(16)13-4-8-14-7(3)5-18-8/h5-6,9,17H,4H2,1-3H3,(H2,12,15)(H,13,16). The van der Waals surface area contributed by atoms with Crippen molar-refractivity contribution in [3.63, 3.8) is 0 Å². The first-order chi connectivity index (χ1) is 8.45. The molecule has 1 rings (SSSR count). The van der Waals surface area contributed by atoms with Gasteiger partial charge in [-0.2, -0.15) is 0 Å². The Morgan fingerprint density at radius 3 is 2.78 bits per heavy atom. The molecule has 0 aliphatic carbocycles. The van der Waals surface area contributed by atoms with Gasteiger partial charge in [-0.25, -0.2) is 4.98 Å². The molecule has 1 heterocycles. The lowest BCUT2D eigenvalue weighted by Crippen LogP contribution is -2.41. The Kier molecular flexibility index (Phi) is 5.08. The first-order valence-corrected chi connectivity index (χ1v) is 6.49. The summed E-state index contributed by atoms with van der Waals surface area (Å²) in [6.45, 7) is 5.94. The Labute approximate surface area is 110 Å². The van der Waals surface area contributed by atoms with Gasteiger partial charge in [-0.3, -0.25) is 4.79 Å². The second kappa shape index (κ2) is 6.34. The molecular formula is C11H18N4O2S. The maximum absolute atomic E-state index is 12.0. The van der Waals surface area contributed by atoms with Gasteiger partial charge in [-0.15, -0.1) is 11.3 Å². The monoisotopic (exact) mass is 270 g/mol. The van der Waals surface area contributed by atoms with E-state index in [1.165, 1.54) is 11.3 Å². The maximum Gasteiger partial charge on any atom is 0.231 e. The van der Waals surface area contributed by atoms with E-state index in [2.05, 4.69) is 15.5 Å². The highest BCUT2D eigenvalue weighted by Crippen LogP contribution is 2.13. The van der Waals surface area contributed by atoms with E-state index in [0.29, 0.717) is 6.54 Å². The summed E-state index contributed by atoms with van der Waals surface area (Å²) in [5, 5.41) is 17.1. The van der Waals surface area contributed by atoms with E-state index in [1.807, 2.05) is 26.2 Å². The lowest BCUT2D eigenvalue weighted by molar-refractivity contribution is -0.124. The molecule has 6 nitrogen and oxygen atoms in total. The fourth-order valence-corrected chi connectivity index (χ4v) is 2.31. The van der Waals surface area contributed by atoms with Gasteiger partial charge in [-0.05, 0) is 12.8 Å². The van der Waals surface area contributed by atoms with Crippen LogP contribution in [0.4, 0.5) is 0 Å². The first-order valence-electron chi connectivity index (χ1n) is 5.61. The smallest absolute Gasteiger partial charge is 0.231 e. The van der Waals surface area contributed by atoms with Gasteiger partial charge in [0, 0.05) is 11.1 Å². The third kappa shape index (κ3) is 3.69. The minimum Gasteiger partial charge on any atom is -0.409 e. The van der Waals surface area contributed by atoms with Crippen LogP contribution in [0.5, 0.6) is 0 Å². The number of carbonyl (C=O) groups is 1. The molecule has 100 valence electrons. The molecule has 0 aromatic carbocycles. The van der Waals surface area contributed by atoms with Crippen LogP contribution in [-0.4, -0.2) is 21.9 Å². The van der Waals surface area contributed by atoms with E-state index in [1.54, 1.807) is 0 Å². The lowest BCUT2D eigenvalue weighted by Gasteiger charge is -2.18. The van der Waals surface area contributed by atoms with Crippen LogP contribution in [0.15, 0.2) is 10.5 Å². The van der Waals surface area contributed by atoms with Gasteiger partial charge in [0.2, 0.25) is 5.91 Å². The molecule has 0 aliphatic rings. The fraction of sp³-hybridized carbons (Fsp3) is 0.545. The predicted molar refractivity (Wildman–Crippen MR) is 70.4 cm³/mol. The summed E-state index contributed by atoms with van der Waals surface area (Å²) in [6, 6.07) is 0. The summed E-state index contributed by atoms with van der Waals surface area (Å²) in [6.07, 6.45) is 0. The molecule has 1 aromatic heterocycles. The quantitative estimate of drug-likeness (QED) is 0.322. The Hall–Kier alpha value is -1.63. The molecular weight excluding hydrogens is 252 g/mol. The fourth-order valence-electron chi connectivity index (χ4n) is 1.60. The molecule has 7 heteroatoms. The van der Waals surface area contributed by atoms with Crippen LogP contribution >= 0.6 is 11.3 Å². The molecule has 0 saturated heterocycles. The van der Waals surface area contributed by atoms with Gasteiger partial charge in [0.05, 0.1) is 6.54 Å². The van der Waals surface area contributed by atoms with Crippen molar-refractivity contribution in [1.82, 2.24) is 10.3 Å². The summed E-state index contributed by atoms with van der Waals surface area (Å²) in [4.78, 5) is 16.2. The summed E-state index contributed by atoms with van der Waals surface area (Å²) >= 11 is 1.49. The molecule has 0 bridgehead atoms. The zero-order valence-electron chi connectivity index (χ0n) is 10.7. The summed E-state index contributed by atoms with van der Waals surface area (Å²) in [7, 11) is 0. The van der Waals surface area contributed by atoms with Crippen LogP contribution in [0.1, 0.15) is 24.5 Å². The van der Waals surface area contributed by atoms with Crippen LogP contribution in [0, 0.1) is 18.8 Å². The van der Waals surface area contributed by atoms with Crippen molar-refractivity contribution in [3.8, 4) is 0 Å². The van der Waals surface area contributed by atoms with E-state index in [9.17, 15) is 4.79 Å². The van der Waals surface area contributed by atoms with Crippen molar-refractivity contribution in [2.75, 3.05) is 0 Å². The summed E-state index contributed by atoms with van der Waals surface area (Å²) in [5.74, 6) is -0.999. The third-order valence-electron chi connectivity index (χ3n) is 2.46. The van der Waals surface area contributed by atoms with E-state index < -0.39 is 5.92 Å². The summed E-state index contributed by atoms with van der Waals surface area (Å²) < 4.78 is 0. The highest BCUT2D eigenvalue weighted by molar-refractivity contribution is 7.09. The highest BCUT2D eigenvalue weighted by atomic mass is 32.1. The predicted octanol–water partition coefficient (Wildman–Crippen LogP) is 1.09. The molecule has 0 fully saturated rings. The molecule has 1 aromatic rings. The van der Waals surface area contributed by atoms with Gasteiger partial charge >= 0.3 is 0 Å². The molecule has 0 radical (unpaired) electrons. The van der Waals surface area contributed by atoms with Crippen molar-refractivity contribution in [3.05, 3.63) is 16.1 Å². The van der Waals surface area contributed by atoms with Crippen LogP contribution in [0.25, 0.3) is 0 Å². The van der Waals surface area contributed by atoms with Gasteiger partial charge < -0.3 is 16.3 Å². The molecule has 0 saturated carbocycles. The number of rotatable bonds is 5. The molecule has 1 unspecified atom stereocenters. The molecule has 0 spiro atoms. The van der Waals surface area contributed by atoms with Crippen LogP contribution in [0.2, 0.25) is 0 Å². The van der Waals surface area contributed by atoms with Crippen molar-refractivity contribution < 1.29 is 10.0 Å². The number of carbonyl (C=O) groups excluding carboxylic acids is 1. The van der Waals surface area contributed by atoms with Gasteiger partial charge in [-0.1, -0.05) is 19.0 Å². The molecule has 18 heavy (non-hydrogen) atoms. The number of nitrogens with one attached hydrogen (secondary N) is 1. The molecule has 0 aliphatic heterocycles. The van der Waals surface area contributed by atoms with Gasteiger partial charge in [0.15, 0.2) is 5.84 Å². The van der Waals surface area contributed by atoms with E-state index in [0.717, 1.165) is 10.7 Å². The van der Waals surface area contributed by atoms with Crippen molar-refractivity contribution in [2.24, 2.45) is 22.7 Å². The summed E-state index contributed by atoms with van der Waals surface area (Å²) in [5.41, 5.74) is 6.45. The van der Waals surface area contributed by atoms with Crippen molar-refractivity contribution in [1.29, 1.82) is 0 Å². The van der Waals surface area contributed by atoms with E-state index in [4.69, 9.17) is 10.9 Å². The Bertz CT molecular complexity index is 442. The maximum atomic E-state index is 12.0. The number of nitrogens with zero attached hydrogens (tertiary/aromatic N) is 2. The number of hydrogen-bond acceptors (Lipinski definition) is 5.